The maximum Gasteiger partial charge on any atom is 3.00 e. The molecule has 19 heteroatoms. The van der Waals surface area contributed by atoms with Gasteiger partial charge in [-0.05, 0) is 16.1 Å². The monoisotopic (exact) mass is 765 g/mol. The Morgan fingerprint density at radius 3 is 0.814 bits per heavy atom. The number of alkyl halides is 9. The van der Waals surface area contributed by atoms with Crippen LogP contribution < -0.4 is 0 Å². The molecule has 0 saturated carbocycles. The third kappa shape index (κ3) is 14.6. The van der Waals surface area contributed by atoms with E-state index in [1.54, 1.807) is 16.1 Å². The van der Waals surface area contributed by atoms with Crippen LogP contribution >= 0.6 is 34.0 Å². The average molecular weight is 765 g/mol. The van der Waals surface area contributed by atoms with E-state index in [0.29, 0.717) is 0 Å². The van der Waals surface area contributed by atoms with E-state index in [0.717, 1.165) is 34.0 Å². The van der Waals surface area contributed by atoms with Gasteiger partial charge in [-0.25, -0.2) is 34.0 Å². The molecular formula is C24H12F9O6RuS3. The van der Waals surface area contributed by atoms with Crippen LogP contribution in [0.15, 0.2) is 52.5 Å². The predicted octanol–water partition coefficient (Wildman–Crippen LogP) is 6.80. The second-order valence-electron chi connectivity index (χ2n) is 7.04. The summed E-state index contributed by atoms with van der Waals surface area (Å²) >= 11 is 2.95. The topological polar surface area (TPSA) is 102 Å². The Balaban J connectivity index is 0.000000608. The maximum atomic E-state index is 11.7. The molecule has 233 valence electrons. The van der Waals surface area contributed by atoms with Crippen molar-refractivity contribution in [1.82, 2.24) is 0 Å². The van der Waals surface area contributed by atoms with Crippen molar-refractivity contribution in [2.45, 2.75) is 18.5 Å². The molecule has 3 rings (SSSR count). The minimum absolute atomic E-state index is 0. The van der Waals surface area contributed by atoms with Crippen LogP contribution in [0, 0.1) is 19.3 Å². The summed E-state index contributed by atoms with van der Waals surface area (Å²) in [6, 6.07) is 8.62. The Morgan fingerprint density at radius 1 is 0.465 bits per heavy atom. The van der Waals surface area contributed by atoms with Gasteiger partial charge in [-0.1, -0.05) is 32.8 Å². The van der Waals surface area contributed by atoms with Crippen LogP contribution in [0.3, 0.4) is 0 Å². The number of halogens is 9. The molecule has 0 aliphatic rings. The van der Waals surface area contributed by atoms with E-state index in [2.05, 4.69) is 0 Å². The molecule has 3 heterocycles. The van der Waals surface area contributed by atoms with Gasteiger partial charge in [0.15, 0.2) is 17.3 Å². The summed E-state index contributed by atoms with van der Waals surface area (Å²) in [5.41, 5.74) is 0. The molecule has 0 amide bonds. The minimum atomic E-state index is -4.98. The number of rotatable bonds is 9. The fourth-order valence-electron chi connectivity index (χ4n) is 2.07. The molecule has 0 aliphatic carbocycles. The van der Waals surface area contributed by atoms with Crippen LogP contribution in [0.2, 0.25) is 0 Å². The normalized spacial score (nSPS) is 10.8. The molecule has 0 spiro atoms. The minimum Gasteiger partial charge on any atom is -0.330 e. The first-order chi connectivity index (χ1) is 19.2. The van der Waals surface area contributed by atoms with Crippen molar-refractivity contribution in [3.63, 3.8) is 0 Å². The van der Waals surface area contributed by atoms with Crippen molar-refractivity contribution < 1.29 is 87.8 Å². The summed E-state index contributed by atoms with van der Waals surface area (Å²) in [5, 5.41) is 4.62. The van der Waals surface area contributed by atoms with E-state index in [-0.39, 0.29) is 53.4 Å². The number of carbonyl (C=O) groups excluding carboxylic acids is 6. The van der Waals surface area contributed by atoms with E-state index in [4.69, 9.17) is 0 Å². The first-order valence-corrected chi connectivity index (χ1v) is 13.0. The predicted molar refractivity (Wildman–Crippen MR) is 132 cm³/mol. The Morgan fingerprint density at radius 2 is 0.674 bits per heavy atom. The van der Waals surface area contributed by atoms with Gasteiger partial charge < -0.3 is 28.8 Å². The Kier molecular flexibility index (Phi) is 15.8. The van der Waals surface area contributed by atoms with Gasteiger partial charge in [-0.15, -0.1) is 37.5 Å². The van der Waals surface area contributed by atoms with E-state index < -0.39 is 53.2 Å². The molecule has 0 aliphatic heterocycles. The van der Waals surface area contributed by atoms with Crippen LogP contribution in [-0.4, -0.2) is 53.2 Å². The van der Waals surface area contributed by atoms with Crippen LogP contribution in [-0.2, 0) is 33.9 Å². The van der Waals surface area contributed by atoms with Gasteiger partial charge in [0.25, 0.3) is 0 Å². The molecule has 1 radical (unpaired) electrons. The Labute approximate surface area is 260 Å². The fourth-order valence-corrected chi connectivity index (χ4v) is 3.98. The quantitative estimate of drug-likeness (QED) is 0.0782. The summed E-state index contributed by atoms with van der Waals surface area (Å²) in [7, 11) is 0. The maximum absolute atomic E-state index is 11.7. The number of hydrogen-bond acceptors (Lipinski definition) is 9. The van der Waals surface area contributed by atoms with Crippen LogP contribution in [0.5, 0.6) is 0 Å². The van der Waals surface area contributed by atoms with Gasteiger partial charge in [-0.3, -0.25) is 0 Å². The average Bonchev–Trinajstić information content (AvgIpc) is 3.66. The molecule has 6 nitrogen and oxygen atoms in total. The van der Waals surface area contributed by atoms with E-state index >= 15 is 0 Å². The smallest absolute Gasteiger partial charge is 0.330 e. The number of carbonyl (C=O) groups is 6. The number of ketones is 6. The zero-order valence-corrected chi connectivity index (χ0v) is 24.5. The van der Waals surface area contributed by atoms with Crippen LogP contribution in [0.1, 0.15) is 29.0 Å². The van der Waals surface area contributed by atoms with Crippen LogP contribution in [0.25, 0.3) is 0 Å². The molecule has 3 aromatic heterocycles. The van der Waals surface area contributed by atoms with Gasteiger partial charge in [0.2, 0.25) is 0 Å². The van der Waals surface area contributed by atoms with Gasteiger partial charge in [0.1, 0.15) is 0 Å². The van der Waals surface area contributed by atoms with Gasteiger partial charge in [0.05, 0.1) is 0 Å². The fraction of sp³-hybridized carbons (Fsp3) is 0.125. The second kappa shape index (κ2) is 17.1. The molecule has 0 fully saturated rings. The zero-order chi connectivity index (χ0) is 32.3. The molecular weight excluding hydrogens is 753 g/mol. The largest absolute Gasteiger partial charge is 3.00 e. The molecule has 0 aromatic carbocycles. The van der Waals surface area contributed by atoms with E-state index in [9.17, 15) is 68.3 Å². The number of thiophene rings is 3. The molecule has 0 unspecified atom stereocenters. The second-order valence-corrected chi connectivity index (χ2v) is 9.89. The van der Waals surface area contributed by atoms with Crippen molar-refractivity contribution in [1.29, 1.82) is 0 Å². The van der Waals surface area contributed by atoms with E-state index in [1.807, 2.05) is 0 Å². The molecule has 0 bridgehead atoms. The summed E-state index contributed by atoms with van der Waals surface area (Å²) < 4.78 is 105. The van der Waals surface area contributed by atoms with Crippen molar-refractivity contribution in [2.24, 2.45) is 0 Å². The Hall–Kier alpha value is -3.28. The van der Waals surface area contributed by atoms with Crippen molar-refractivity contribution >= 4 is 68.7 Å². The summed E-state index contributed by atoms with van der Waals surface area (Å²) in [5.74, 6) is -9.13. The van der Waals surface area contributed by atoms with Gasteiger partial charge >= 0.3 is 38.0 Å². The molecule has 3 aromatic rings. The van der Waals surface area contributed by atoms with E-state index in [1.165, 1.54) is 36.4 Å². The molecule has 0 saturated heterocycles. The third-order valence-corrected chi connectivity index (χ3v) is 6.57. The molecule has 43 heavy (non-hydrogen) atoms. The van der Waals surface area contributed by atoms with Crippen molar-refractivity contribution in [2.75, 3.05) is 0 Å². The molecule has 0 atom stereocenters. The zero-order valence-electron chi connectivity index (χ0n) is 20.4. The first-order valence-electron chi connectivity index (χ1n) is 10.3. The summed E-state index contributed by atoms with van der Waals surface area (Å²) in [6.45, 7) is 0. The summed E-state index contributed by atoms with van der Waals surface area (Å²) in [6.07, 6.45) is -14.8. The summed E-state index contributed by atoms with van der Waals surface area (Å²) in [4.78, 5) is 64.5. The van der Waals surface area contributed by atoms with Crippen LogP contribution in [0.4, 0.5) is 39.5 Å². The van der Waals surface area contributed by atoms with Crippen molar-refractivity contribution in [3.05, 3.63) is 86.4 Å². The SMILES string of the molecule is O=C([CH-]C(=O)C(F)(F)F)c1cccs1.O=C([CH-]C(=O)C(F)(F)F)c1cccs1.O=C([CH-]C(=O)C(F)(F)F)c1cccs1.[Ru+3]. The van der Waals surface area contributed by atoms with Crippen molar-refractivity contribution in [3.8, 4) is 0 Å². The number of hydrogen-bond donors (Lipinski definition) is 0. The van der Waals surface area contributed by atoms with Gasteiger partial charge in [-0.2, -0.15) is 39.5 Å². The van der Waals surface area contributed by atoms with Gasteiger partial charge in [0, 0.05) is 17.3 Å². The molecule has 0 N–H and O–H groups in total. The standard InChI is InChI=1S/3C8H4F3O2S.Ru/c3*9-8(10,11)7(13)4-5(12)6-2-1-3-14-6;/h3*1-4H;/q3*-1;+3. The first kappa shape index (κ1) is 39.7. The number of Topliss-reactive ketones (excluding diaryl/α,β-unsaturated/α-hetero) is 6. The third-order valence-electron chi connectivity index (χ3n) is 3.92. The Bertz CT molecular complexity index is 1190.